The van der Waals surface area contributed by atoms with Crippen LogP contribution in [-0.4, -0.2) is 0 Å². The molecule has 0 aliphatic heterocycles. The van der Waals surface area contributed by atoms with Crippen LogP contribution in [0, 0.1) is 17.3 Å². The predicted molar refractivity (Wildman–Crippen MR) is 48.2 cm³/mol. The van der Waals surface area contributed by atoms with Crippen LogP contribution in [0.4, 0.5) is 0 Å². The fourth-order valence-electron chi connectivity index (χ4n) is 1.95. The molecule has 0 radical (unpaired) electrons. The Morgan fingerprint density at radius 3 is 1.73 bits per heavy atom. The minimum atomic E-state index is 0.513. The molecule has 0 aromatic carbocycles. The first-order valence-electron chi connectivity index (χ1n) is 4.24. The average molecular weight is 146 g/mol. The molecule has 1 saturated carbocycles. The van der Waals surface area contributed by atoms with Crippen LogP contribution >= 0.6 is 0 Å². The third-order valence-corrected chi connectivity index (χ3v) is 2.97. The van der Waals surface area contributed by atoms with Crippen molar-refractivity contribution < 1.29 is 0 Å². The van der Waals surface area contributed by atoms with E-state index < -0.39 is 0 Å². The molecule has 2 atom stereocenters. The lowest BCUT2D eigenvalue weighted by molar-refractivity contribution is 0.586. The van der Waals surface area contributed by atoms with Crippen molar-refractivity contribution in [3.63, 3.8) is 0 Å². The molecule has 0 N–H and O–H groups in total. The molecule has 11 heavy (non-hydrogen) atoms. The van der Waals surface area contributed by atoms with Crippen LogP contribution in [0.1, 0.15) is 13.8 Å². The van der Waals surface area contributed by atoms with E-state index in [1.807, 2.05) is 0 Å². The van der Waals surface area contributed by atoms with Gasteiger partial charge < -0.3 is 0 Å². The summed E-state index contributed by atoms with van der Waals surface area (Å²) in [6.07, 6.45) is 13.2. The van der Waals surface area contributed by atoms with Gasteiger partial charge in [-0.1, -0.05) is 50.3 Å². The van der Waals surface area contributed by atoms with Crippen molar-refractivity contribution in [2.24, 2.45) is 17.3 Å². The second-order valence-corrected chi connectivity index (χ2v) is 4.03. The lowest BCUT2D eigenvalue weighted by atomic mass is 10.1. The first-order chi connectivity index (χ1) is 5.23. The van der Waals surface area contributed by atoms with Gasteiger partial charge in [0.05, 0.1) is 0 Å². The topological polar surface area (TPSA) is 0 Å². The van der Waals surface area contributed by atoms with Gasteiger partial charge in [0.15, 0.2) is 0 Å². The highest BCUT2D eigenvalue weighted by Gasteiger charge is 2.54. The van der Waals surface area contributed by atoms with Crippen molar-refractivity contribution in [1.29, 1.82) is 0 Å². The molecule has 0 amide bonds. The lowest BCUT2D eigenvalue weighted by Gasteiger charge is -1.95. The number of allylic oxidation sites excluding steroid dienone is 6. The Labute approximate surface area is 68.3 Å². The first kappa shape index (κ1) is 6.90. The third-order valence-electron chi connectivity index (χ3n) is 2.97. The molecule has 58 valence electrons. The van der Waals surface area contributed by atoms with Crippen LogP contribution in [0.2, 0.25) is 0 Å². The summed E-state index contributed by atoms with van der Waals surface area (Å²) in [4.78, 5) is 0. The van der Waals surface area contributed by atoms with Gasteiger partial charge in [0.2, 0.25) is 0 Å². The van der Waals surface area contributed by atoms with E-state index >= 15 is 0 Å². The molecule has 0 nitrogen and oxygen atoms in total. The van der Waals surface area contributed by atoms with Crippen LogP contribution in [0.3, 0.4) is 0 Å². The molecule has 0 spiro atoms. The van der Waals surface area contributed by atoms with Gasteiger partial charge in [-0.3, -0.25) is 0 Å². The number of hydrogen-bond donors (Lipinski definition) is 0. The summed E-state index contributed by atoms with van der Waals surface area (Å²) in [5.41, 5.74) is 0.513. The Morgan fingerprint density at radius 2 is 1.27 bits per heavy atom. The monoisotopic (exact) mass is 146 g/mol. The highest BCUT2D eigenvalue weighted by Crippen LogP contribution is 2.59. The summed E-state index contributed by atoms with van der Waals surface area (Å²) in [5, 5.41) is 0. The lowest BCUT2D eigenvalue weighted by Crippen LogP contribution is -1.87. The van der Waals surface area contributed by atoms with Crippen molar-refractivity contribution in [1.82, 2.24) is 0 Å². The quantitative estimate of drug-likeness (QED) is 0.493. The third kappa shape index (κ3) is 0.973. The fourth-order valence-corrected chi connectivity index (χ4v) is 1.95. The second-order valence-electron chi connectivity index (χ2n) is 4.03. The van der Waals surface area contributed by atoms with E-state index in [-0.39, 0.29) is 0 Å². The number of fused-ring (bicyclic) bond motifs is 1. The molecule has 0 heteroatoms. The van der Waals surface area contributed by atoms with Crippen molar-refractivity contribution >= 4 is 0 Å². The molecule has 0 unspecified atom stereocenters. The second kappa shape index (κ2) is 2.10. The van der Waals surface area contributed by atoms with Gasteiger partial charge in [0.25, 0.3) is 0 Å². The maximum atomic E-state index is 2.34. The molecule has 1 fully saturated rings. The number of hydrogen-bond acceptors (Lipinski definition) is 0. The van der Waals surface area contributed by atoms with E-state index in [4.69, 9.17) is 0 Å². The Bertz CT molecular complexity index is 217. The zero-order chi connectivity index (χ0) is 7.90. The predicted octanol–water partition coefficient (Wildman–Crippen LogP) is 2.94. The molecule has 0 bridgehead atoms. The maximum Gasteiger partial charge on any atom is -0.0105 e. The minimum absolute atomic E-state index is 0.513. The highest BCUT2D eigenvalue weighted by atomic mass is 14.6. The zero-order valence-corrected chi connectivity index (χ0v) is 7.12. The normalized spacial score (nSPS) is 37.6. The zero-order valence-electron chi connectivity index (χ0n) is 7.12. The Balaban J connectivity index is 2.25. The fraction of sp³-hybridized carbons (Fsp3) is 0.455. The molecular formula is C11H14. The summed E-state index contributed by atoms with van der Waals surface area (Å²) >= 11 is 0. The van der Waals surface area contributed by atoms with E-state index in [2.05, 4.69) is 50.3 Å². The smallest absolute Gasteiger partial charge is 0.0105 e. The summed E-state index contributed by atoms with van der Waals surface area (Å²) in [5.74, 6) is 1.56. The largest absolute Gasteiger partial charge is 0.0803 e. The van der Waals surface area contributed by atoms with Crippen LogP contribution < -0.4 is 0 Å². The van der Waals surface area contributed by atoms with Gasteiger partial charge in [-0.15, -0.1) is 0 Å². The highest BCUT2D eigenvalue weighted by molar-refractivity contribution is 5.27. The molecule has 0 aromatic rings. The first-order valence-corrected chi connectivity index (χ1v) is 4.24. The van der Waals surface area contributed by atoms with E-state index in [0.717, 1.165) is 11.8 Å². The van der Waals surface area contributed by atoms with Gasteiger partial charge in [-0.05, 0) is 17.3 Å². The minimum Gasteiger partial charge on any atom is -0.0803 e. The Kier molecular flexibility index (Phi) is 1.32. The molecule has 0 saturated heterocycles. The van der Waals surface area contributed by atoms with Crippen molar-refractivity contribution in [3.8, 4) is 0 Å². The molecule has 2 rings (SSSR count). The van der Waals surface area contributed by atoms with Crippen molar-refractivity contribution in [2.75, 3.05) is 0 Å². The van der Waals surface area contributed by atoms with Gasteiger partial charge in [-0.25, -0.2) is 0 Å². The standard InChI is InChI=1S/C11H14/c1-11(2)9-7-5-3-4-6-8-10(9)11/h3-10H,1-2H3/t9-,10+. The Hall–Kier alpha value is -0.780. The summed E-state index contributed by atoms with van der Waals surface area (Å²) < 4.78 is 0. The molecule has 0 aromatic heterocycles. The van der Waals surface area contributed by atoms with E-state index in [0.29, 0.717) is 5.41 Å². The molecule has 2 aliphatic rings. The molecular weight excluding hydrogens is 132 g/mol. The van der Waals surface area contributed by atoms with E-state index in [1.165, 1.54) is 0 Å². The van der Waals surface area contributed by atoms with Crippen LogP contribution in [0.15, 0.2) is 36.5 Å². The van der Waals surface area contributed by atoms with Gasteiger partial charge in [0.1, 0.15) is 0 Å². The number of rotatable bonds is 0. The van der Waals surface area contributed by atoms with E-state index in [1.54, 1.807) is 0 Å². The van der Waals surface area contributed by atoms with E-state index in [9.17, 15) is 0 Å². The van der Waals surface area contributed by atoms with Gasteiger partial charge >= 0.3 is 0 Å². The van der Waals surface area contributed by atoms with Crippen LogP contribution in [0.25, 0.3) is 0 Å². The van der Waals surface area contributed by atoms with Gasteiger partial charge in [-0.2, -0.15) is 0 Å². The Morgan fingerprint density at radius 1 is 0.818 bits per heavy atom. The summed E-state index contributed by atoms with van der Waals surface area (Å²) in [6, 6.07) is 0. The maximum absolute atomic E-state index is 2.34. The average Bonchev–Trinajstić information content (AvgIpc) is 2.29. The van der Waals surface area contributed by atoms with Crippen LogP contribution in [0.5, 0.6) is 0 Å². The molecule has 0 heterocycles. The van der Waals surface area contributed by atoms with Crippen molar-refractivity contribution in [2.45, 2.75) is 13.8 Å². The van der Waals surface area contributed by atoms with Gasteiger partial charge in [0, 0.05) is 0 Å². The SMILES string of the molecule is CC1(C)[C@@H]2C=CC=CC=C[C@@H]21. The molecule has 2 aliphatic carbocycles. The summed E-state index contributed by atoms with van der Waals surface area (Å²) in [7, 11) is 0. The van der Waals surface area contributed by atoms with Crippen LogP contribution in [-0.2, 0) is 0 Å². The van der Waals surface area contributed by atoms with Crippen molar-refractivity contribution in [3.05, 3.63) is 36.5 Å². The summed E-state index contributed by atoms with van der Waals surface area (Å²) in [6.45, 7) is 4.67.